The third-order valence-corrected chi connectivity index (χ3v) is 5.16. The van der Waals surface area contributed by atoms with Crippen molar-refractivity contribution in [2.45, 2.75) is 50.0 Å². The SMILES string of the molecule is CCCCCc1ccc(C[C@H](Nc2ccc(S(=O)(=O)[O-])cc2)C(=O)O)cc1.[Na+]. The van der Waals surface area contributed by atoms with Crippen LogP contribution in [0.15, 0.2) is 53.4 Å². The summed E-state index contributed by atoms with van der Waals surface area (Å²) >= 11 is 0. The first-order valence-corrected chi connectivity index (χ1v) is 10.3. The molecule has 0 unspecified atom stereocenters. The number of carbonyl (C=O) groups is 1. The predicted molar refractivity (Wildman–Crippen MR) is 103 cm³/mol. The van der Waals surface area contributed by atoms with Gasteiger partial charge < -0.3 is 15.0 Å². The maximum Gasteiger partial charge on any atom is 1.00 e. The van der Waals surface area contributed by atoms with E-state index in [0.29, 0.717) is 5.69 Å². The summed E-state index contributed by atoms with van der Waals surface area (Å²) < 4.78 is 32.9. The second kappa shape index (κ2) is 11.6. The molecule has 146 valence electrons. The Labute approximate surface area is 188 Å². The third-order valence-electron chi connectivity index (χ3n) is 4.31. The summed E-state index contributed by atoms with van der Waals surface area (Å²) in [5.41, 5.74) is 2.57. The van der Waals surface area contributed by atoms with Gasteiger partial charge in [0.15, 0.2) is 0 Å². The van der Waals surface area contributed by atoms with Gasteiger partial charge in [0, 0.05) is 12.1 Å². The van der Waals surface area contributed by atoms with Crippen LogP contribution < -0.4 is 34.9 Å². The molecule has 0 heterocycles. The van der Waals surface area contributed by atoms with E-state index in [9.17, 15) is 22.9 Å². The Morgan fingerprint density at radius 2 is 1.61 bits per heavy atom. The normalized spacial score (nSPS) is 12.1. The van der Waals surface area contributed by atoms with Crippen LogP contribution in [-0.4, -0.2) is 30.1 Å². The number of nitrogens with one attached hydrogen (secondary N) is 1. The fraction of sp³-hybridized carbons (Fsp3) is 0.350. The maximum atomic E-state index is 11.6. The van der Waals surface area contributed by atoms with Crippen molar-refractivity contribution in [3.05, 3.63) is 59.7 Å². The zero-order chi connectivity index (χ0) is 19.9. The average molecular weight is 413 g/mol. The van der Waals surface area contributed by atoms with E-state index in [4.69, 9.17) is 0 Å². The van der Waals surface area contributed by atoms with Crippen LogP contribution in [0.2, 0.25) is 0 Å². The molecule has 1 atom stereocenters. The molecule has 0 saturated carbocycles. The Morgan fingerprint density at radius 1 is 1.04 bits per heavy atom. The minimum absolute atomic E-state index is 0. The summed E-state index contributed by atoms with van der Waals surface area (Å²) in [6.07, 6.45) is 4.81. The molecule has 0 aliphatic carbocycles. The quantitative estimate of drug-likeness (QED) is 0.333. The molecule has 0 amide bonds. The van der Waals surface area contributed by atoms with Crippen molar-refractivity contribution in [3.8, 4) is 0 Å². The molecular weight excluding hydrogens is 389 g/mol. The molecule has 8 heteroatoms. The molecule has 6 nitrogen and oxygen atoms in total. The second-order valence-electron chi connectivity index (χ2n) is 6.49. The molecule has 0 saturated heterocycles. The van der Waals surface area contributed by atoms with E-state index >= 15 is 0 Å². The largest absolute Gasteiger partial charge is 1.00 e. The number of anilines is 1. The van der Waals surface area contributed by atoms with Gasteiger partial charge in [-0.1, -0.05) is 44.0 Å². The minimum atomic E-state index is -4.52. The number of benzene rings is 2. The Balaban J connectivity index is 0.00000392. The number of unbranched alkanes of at least 4 members (excludes halogenated alkanes) is 2. The van der Waals surface area contributed by atoms with Gasteiger partial charge in [0.2, 0.25) is 0 Å². The summed E-state index contributed by atoms with van der Waals surface area (Å²) in [7, 11) is -4.52. The molecule has 0 radical (unpaired) electrons. The van der Waals surface area contributed by atoms with Gasteiger partial charge in [0.05, 0.1) is 4.90 Å². The summed E-state index contributed by atoms with van der Waals surface area (Å²) in [5, 5.41) is 12.3. The number of carboxylic acid groups (broad SMARTS) is 1. The molecule has 0 fully saturated rings. The molecule has 0 aliphatic heterocycles. The van der Waals surface area contributed by atoms with Crippen LogP contribution in [0.4, 0.5) is 5.69 Å². The van der Waals surface area contributed by atoms with E-state index in [2.05, 4.69) is 12.2 Å². The van der Waals surface area contributed by atoms with Crippen molar-refractivity contribution in [2.75, 3.05) is 5.32 Å². The van der Waals surface area contributed by atoms with Crippen molar-refractivity contribution < 1.29 is 52.4 Å². The molecule has 0 spiro atoms. The predicted octanol–water partition coefficient (Wildman–Crippen LogP) is 0.435. The van der Waals surface area contributed by atoms with E-state index in [1.807, 2.05) is 24.3 Å². The number of aliphatic carboxylic acids is 1. The monoisotopic (exact) mass is 413 g/mol. The van der Waals surface area contributed by atoms with Crippen LogP contribution in [0, 0.1) is 0 Å². The minimum Gasteiger partial charge on any atom is -0.744 e. The van der Waals surface area contributed by atoms with Gasteiger partial charge in [0.1, 0.15) is 16.2 Å². The first kappa shape index (κ1) is 24.7. The van der Waals surface area contributed by atoms with E-state index in [-0.39, 0.29) is 40.9 Å². The van der Waals surface area contributed by atoms with Crippen molar-refractivity contribution in [3.63, 3.8) is 0 Å². The molecule has 0 bridgehead atoms. The Hall–Kier alpha value is -1.38. The van der Waals surface area contributed by atoms with Crippen molar-refractivity contribution in [1.29, 1.82) is 0 Å². The molecule has 0 aromatic heterocycles. The van der Waals surface area contributed by atoms with E-state index in [1.165, 1.54) is 30.5 Å². The van der Waals surface area contributed by atoms with Crippen LogP contribution in [0.3, 0.4) is 0 Å². The van der Waals surface area contributed by atoms with Gasteiger partial charge in [-0.25, -0.2) is 13.2 Å². The zero-order valence-electron chi connectivity index (χ0n) is 16.2. The third kappa shape index (κ3) is 7.93. The molecule has 0 aliphatic rings. The fourth-order valence-electron chi connectivity index (χ4n) is 2.78. The zero-order valence-corrected chi connectivity index (χ0v) is 19.0. The summed E-state index contributed by atoms with van der Waals surface area (Å²) in [6, 6.07) is 12.2. The van der Waals surface area contributed by atoms with E-state index in [0.717, 1.165) is 30.5 Å². The second-order valence-corrected chi connectivity index (χ2v) is 7.87. The fourth-order valence-corrected chi connectivity index (χ4v) is 3.25. The van der Waals surface area contributed by atoms with Crippen LogP contribution in [0.25, 0.3) is 0 Å². The summed E-state index contributed by atoms with van der Waals surface area (Å²) in [5.74, 6) is -1.01. The van der Waals surface area contributed by atoms with Gasteiger partial charge >= 0.3 is 35.5 Å². The Bertz CT molecular complexity index is 851. The van der Waals surface area contributed by atoms with Gasteiger partial charge in [-0.15, -0.1) is 0 Å². The van der Waals surface area contributed by atoms with Crippen LogP contribution in [-0.2, 0) is 27.8 Å². The van der Waals surface area contributed by atoms with E-state index in [1.54, 1.807) is 0 Å². The van der Waals surface area contributed by atoms with E-state index < -0.39 is 22.1 Å². The van der Waals surface area contributed by atoms with Crippen molar-refractivity contribution >= 4 is 21.8 Å². The van der Waals surface area contributed by atoms with Crippen LogP contribution in [0.5, 0.6) is 0 Å². The number of aryl methyl sites for hydroxylation is 1. The number of carboxylic acids is 1. The van der Waals surface area contributed by atoms with Crippen molar-refractivity contribution in [2.24, 2.45) is 0 Å². The first-order valence-electron chi connectivity index (χ1n) is 8.92. The molecule has 2 N–H and O–H groups in total. The molecule has 28 heavy (non-hydrogen) atoms. The standard InChI is InChI=1S/C20H25NO5S.Na/c1-2-3-4-5-15-6-8-16(9-7-15)14-19(20(22)23)21-17-10-12-18(13-11-17)27(24,25)26;/h6-13,19,21H,2-5,14H2,1H3,(H,22,23)(H,24,25,26);/q;+1/p-1/t19-;/m0./s1. The number of hydrogen-bond donors (Lipinski definition) is 2. The topological polar surface area (TPSA) is 107 Å². The summed E-state index contributed by atoms with van der Waals surface area (Å²) in [6.45, 7) is 2.16. The molecule has 2 aromatic rings. The summed E-state index contributed by atoms with van der Waals surface area (Å²) in [4.78, 5) is 11.2. The Morgan fingerprint density at radius 3 is 2.11 bits per heavy atom. The van der Waals surface area contributed by atoms with Crippen molar-refractivity contribution in [1.82, 2.24) is 0 Å². The molecule has 2 aromatic carbocycles. The molecule has 2 rings (SSSR count). The van der Waals surface area contributed by atoms with Crippen LogP contribution in [0.1, 0.15) is 37.3 Å². The maximum absolute atomic E-state index is 11.6. The van der Waals surface area contributed by atoms with Gasteiger partial charge in [-0.3, -0.25) is 0 Å². The van der Waals surface area contributed by atoms with Crippen LogP contribution >= 0.6 is 0 Å². The molecular formula is C20H24NNaO5S. The Kier molecular flexibility index (Phi) is 10.2. The van der Waals surface area contributed by atoms with Gasteiger partial charge in [0.25, 0.3) is 0 Å². The average Bonchev–Trinajstić information content (AvgIpc) is 2.62. The van der Waals surface area contributed by atoms with Gasteiger partial charge in [-0.2, -0.15) is 0 Å². The first-order chi connectivity index (χ1) is 12.8. The number of hydrogen-bond acceptors (Lipinski definition) is 5. The smallest absolute Gasteiger partial charge is 0.744 e. The van der Waals surface area contributed by atoms with Gasteiger partial charge in [-0.05, 0) is 48.2 Å². The number of rotatable bonds is 10.